The van der Waals surface area contributed by atoms with Crippen LogP contribution in [0.5, 0.6) is 0 Å². The topological polar surface area (TPSA) is 63.3 Å². The first-order valence-electron chi connectivity index (χ1n) is 4.64. The number of nitrogens with two attached hydrogens (primary N) is 1. The molecule has 0 spiro atoms. The molecule has 3 nitrogen and oxygen atoms in total. The van der Waals surface area contributed by atoms with Crippen LogP contribution in [0.4, 0.5) is 0 Å². The number of carboxylic acid groups (broad SMARTS) is 1. The van der Waals surface area contributed by atoms with Crippen molar-refractivity contribution < 1.29 is 9.90 Å². The van der Waals surface area contributed by atoms with E-state index in [-0.39, 0.29) is 12.5 Å². The zero-order valence-corrected chi connectivity index (χ0v) is 7.07. The molecule has 3 N–H and O–H groups in total. The Morgan fingerprint density at radius 2 is 2.00 bits per heavy atom. The molecule has 2 aliphatic rings. The predicted molar refractivity (Wildman–Crippen MR) is 44.5 cm³/mol. The third kappa shape index (κ3) is 1.46. The molecule has 3 heteroatoms. The lowest BCUT2D eigenvalue weighted by molar-refractivity contribution is -0.137. The average Bonchev–Trinajstić information content (AvgIpc) is 2.57. The molecule has 2 fully saturated rings. The van der Waals surface area contributed by atoms with E-state index in [1.807, 2.05) is 0 Å². The van der Waals surface area contributed by atoms with Gasteiger partial charge in [-0.1, -0.05) is 0 Å². The molecule has 0 saturated heterocycles. The summed E-state index contributed by atoms with van der Waals surface area (Å²) in [6.07, 6.45) is 3.87. The molecule has 0 aromatic carbocycles. The second kappa shape index (κ2) is 2.73. The van der Waals surface area contributed by atoms with E-state index in [4.69, 9.17) is 10.8 Å². The number of carbonyl (C=O) groups is 1. The van der Waals surface area contributed by atoms with Gasteiger partial charge in [0.2, 0.25) is 0 Å². The fourth-order valence-electron chi connectivity index (χ4n) is 2.48. The minimum atomic E-state index is -0.761. The third-order valence-corrected chi connectivity index (χ3v) is 3.30. The van der Waals surface area contributed by atoms with Crippen LogP contribution in [-0.4, -0.2) is 17.1 Å². The molecule has 0 heterocycles. The van der Waals surface area contributed by atoms with Gasteiger partial charge in [-0.2, -0.15) is 0 Å². The molecule has 0 bridgehead atoms. The van der Waals surface area contributed by atoms with Crippen LogP contribution in [-0.2, 0) is 4.79 Å². The Labute approximate surface area is 71.9 Å². The minimum Gasteiger partial charge on any atom is -0.481 e. The van der Waals surface area contributed by atoms with Gasteiger partial charge in [0.1, 0.15) is 0 Å². The molecule has 0 aromatic heterocycles. The number of hydrogen-bond donors (Lipinski definition) is 2. The number of rotatable bonds is 3. The highest BCUT2D eigenvalue weighted by Crippen LogP contribution is 2.55. The van der Waals surface area contributed by atoms with Crippen molar-refractivity contribution in [3.8, 4) is 0 Å². The normalized spacial score (nSPS) is 40.6. The third-order valence-electron chi connectivity index (χ3n) is 3.30. The molecule has 3 atom stereocenters. The van der Waals surface area contributed by atoms with E-state index in [1.165, 1.54) is 19.3 Å². The van der Waals surface area contributed by atoms with Crippen molar-refractivity contribution in [2.75, 3.05) is 0 Å². The van der Waals surface area contributed by atoms with Gasteiger partial charge in [-0.15, -0.1) is 0 Å². The summed E-state index contributed by atoms with van der Waals surface area (Å²) in [7, 11) is 0. The summed E-state index contributed by atoms with van der Waals surface area (Å²) >= 11 is 0. The second-order valence-corrected chi connectivity index (χ2v) is 4.25. The van der Waals surface area contributed by atoms with E-state index in [1.54, 1.807) is 0 Å². The summed E-state index contributed by atoms with van der Waals surface area (Å²) in [5.41, 5.74) is 5.78. The number of fused-ring (bicyclic) bond motifs is 1. The molecule has 2 saturated carbocycles. The van der Waals surface area contributed by atoms with Crippen molar-refractivity contribution in [3.63, 3.8) is 0 Å². The Morgan fingerprint density at radius 1 is 1.42 bits per heavy atom. The van der Waals surface area contributed by atoms with Gasteiger partial charge in [-0.3, -0.25) is 4.79 Å². The van der Waals surface area contributed by atoms with Crippen LogP contribution >= 0.6 is 0 Å². The first-order chi connectivity index (χ1) is 5.66. The zero-order valence-electron chi connectivity index (χ0n) is 7.07. The van der Waals surface area contributed by atoms with Gasteiger partial charge in [0.05, 0.1) is 6.42 Å². The lowest BCUT2D eigenvalue weighted by atomic mass is 9.93. The van der Waals surface area contributed by atoms with E-state index in [0.29, 0.717) is 5.92 Å². The fourth-order valence-corrected chi connectivity index (χ4v) is 2.48. The Morgan fingerprint density at radius 3 is 2.50 bits per heavy atom. The van der Waals surface area contributed by atoms with Crippen LogP contribution in [0.15, 0.2) is 0 Å². The molecule has 0 aromatic rings. The van der Waals surface area contributed by atoms with Gasteiger partial charge in [-0.25, -0.2) is 0 Å². The maximum atomic E-state index is 10.4. The van der Waals surface area contributed by atoms with E-state index in [2.05, 4.69) is 0 Å². The summed E-state index contributed by atoms with van der Waals surface area (Å²) in [5.74, 6) is 1.53. The van der Waals surface area contributed by atoms with Crippen LogP contribution in [0.2, 0.25) is 0 Å². The molecule has 2 aliphatic carbocycles. The van der Waals surface area contributed by atoms with Crippen LogP contribution in [0, 0.1) is 17.8 Å². The van der Waals surface area contributed by atoms with Crippen molar-refractivity contribution in [1.29, 1.82) is 0 Å². The lowest BCUT2D eigenvalue weighted by Gasteiger charge is -2.18. The molecule has 0 aliphatic heterocycles. The van der Waals surface area contributed by atoms with E-state index in [0.717, 1.165) is 11.8 Å². The van der Waals surface area contributed by atoms with Crippen LogP contribution in [0.25, 0.3) is 0 Å². The summed E-state index contributed by atoms with van der Waals surface area (Å²) < 4.78 is 0. The van der Waals surface area contributed by atoms with Gasteiger partial charge in [0.15, 0.2) is 0 Å². The SMILES string of the molecule is N[C@@H](CC(=O)O)C1CC2CC2C1. The Bertz CT molecular complexity index is 195. The van der Waals surface area contributed by atoms with Crippen molar-refractivity contribution in [3.05, 3.63) is 0 Å². The molecule has 68 valence electrons. The Hall–Kier alpha value is -0.570. The zero-order chi connectivity index (χ0) is 8.72. The molecule has 2 rings (SSSR count). The van der Waals surface area contributed by atoms with Crippen molar-refractivity contribution in [2.24, 2.45) is 23.5 Å². The first kappa shape index (κ1) is 8.05. The van der Waals surface area contributed by atoms with Crippen molar-refractivity contribution in [2.45, 2.75) is 31.7 Å². The molecule has 12 heavy (non-hydrogen) atoms. The fraction of sp³-hybridized carbons (Fsp3) is 0.889. The minimum absolute atomic E-state index is 0.102. The van der Waals surface area contributed by atoms with Gasteiger partial charge in [-0.05, 0) is 37.0 Å². The van der Waals surface area contributed by atoms with Gasteiger partial charge >= 0.3 is 5.97 Å². The highest BCUT2D eigenvalue weighted by atomic mass is 16.4. The molecule has 0 radical (unpaired) electrons. The van der Waals surface area contributed by atoms with E-state index < -0.39 is 5.97 Å². The highest BCUT2D eigenvalue weighted by Gasteiger charge is 2.47. The van der Waals surface area contributed by atoms with Gasteiger partial charge in [0.25, 0.3) is 0 Å². The largest absolute Gasteiger partial charge is 0.481 e. The van der Waals surface area contributed by atoms with Gasteiger partial charge < -0.3 is 10.8 Å². The summed E-state index contributed by atoms with van der Waals surface area (Å²) in [5, 5.41) is 8.54. The highest BCUT2D eigenvalue weighted by molar-refractivity contribution is 5.67. The second-order valence-electron chi connectivity index (χ2n) is 4.25. The molecule has 2 unspecified atom stereocenters. The standard InChI is InChI=1S/C9H15NO2/c10-8(4-9(11)12)7-2-5-1-6(5)3-7/h5-8H,1-4,10H2,(H,11,12)/t5?,6?,7?,8-/m0/s1. The van der Waals surface area contributed by atoms with Crippen molar-refractivity contribution in [1.82, 2.24) is 0 Å². The maximum absolute atomic E-state index is 10.4. The van der Waals surface area contributed by atoms with E-state index >= 15 is 0 Å². The van der Waals surface area contributed by atoms with Crippen molar-refractivity contribution >= 4 is 5.97 Å². The quantitative estimate of drug-likeness (QED) is 0.658. The van der Waals surface area contributed by atoms with Gasteiger partial charge in [0, 0.05) is 6.04 Å². The van der Waals surface area contributed by atoms with Crippen LogP contribution in [0.1, 0.15) is 25.7 Å². The smallest absolute Gasteiger partial charge is 0.304 e. The predicted octanol–water partition coefficient (Wildman–Crippen LogP) is 0.834. The Balaban J connectivity index is 1.80. The summed E-state index contributed by atoms with van der Waals surface area (Å²) in [6, 6.07) is -0.102. The number of hydrogen-bond acceptors (Lipinski definition) is 2. The number of aliphatic carboxylic acids is 1. The summed E-state index contributed by atoms with van der Waals surface area (Å²) in [4.78, 5) is 10.4. The monoisotopic (exact) mass is 169 g/mol. The van der Waals surface area contributed by atoms with E-state index in [9.17, 15) is 4.79 Å². The maximum Gasteiger partial charge on any atom is 0.304 e. The molecular formula is C9H15NO2. The van der Waals surface area contributed by atoms with Crippen LogP contribution < -0.4 is 5.73 Å². The summed E-state index contributed by atoms with van der Waals surface area (Å²) in [6.45, 7) is 0. The number of carboxylic acids is 1. The average molecular weight is 169 g/mol. The first-order valence-corrected chi connectivity index (χ1v) is 4.64. The molecule has 0 amide bonds. The lowest BCUT2D eigenvalue weighted by Crippen LogP contribution is -2.31. The molecular weight excluding hydrogens is 154 g/mol. The Kier molecular flexibility index (Phi) is 1.83. The van der Waals surface area contributed by atoms with Crippen LogP contribution in [0.3, 0.4) is 0 Å².